The Kier molecular flexibility index (Phi) is 4.02. The molecule has 0 saturated carbocycles. The summed E-state index contributed by atoms with van der Waals surface area (Å²) in [7, 11) is 1.71. The molecule has 0 saturated heterocycles. The number of aromatic nitrogens is 4. The van der Waals surface area contributed by atoms with E-state index in [1.165, 1.54) is 4.80 Å². The zero-order valence-electron chi connectivity index (χ0n) is 9.30. The summed E-state index contributed by atoms with van der Waals surface area (Å²) in [5, 5.41) is 14.5. The minimum Gasteiger partial charge on any atom is -0.370 e. The lowest BCUT2D eigenvalue weighted by atomic mass is 10.2. The number of hydrogen-bond donors (Lipinski definition) is 2. The van der Waals surface area contributed by atoms with Crippen LogP contribution in [0.3, 0.4) is 0 Å². The van der Waals surface area contributed by atoms with Gasteiger partial charge >= 0.3 is 0 Å². The molecule has 0 atom stereocenters. The van der Waals surface area contributed by atoms with Crippen molar-refractivity contribution in [1.82, 2.24) is 25.5 Å². The van der Waals surface area contributed by atoms with Crippen LogP contribution in [-0.4, -0.2) is 32.7 Å². The summed E-state index contributed by atoms with van der Waals surface area (Å²) in [6.45, 7) is 5.36. The molecule has 15 heavy (non-hydrogen) atoms. The molecule has 1 heterocycles. The van der Waals surface area contributed by atoms with Crippen molar-refractivity contribution in [2.24, 2.45) is 23.7 Å². The Morgan fingerprint density at radius 2 is 2.33 bits per heavy atom. The Bertz CT molecular complexity index is 327. The number of aliphatic imine (C=N–C) groups is 1. The molecule has 0 unspecified atom stereocenters. The molecule has 3 N–H and O–H groups in total. The van der Waals surface area contributed by atoms with E-state index in [2.05, 4.69) is 39.6 Å². The first kappa shape index (κ1) is 11.4. The van der Waals surface area contributed by atoms with Gasteiger partial charge in [-0.1, -0.05) is 13.8 Å². The van der Waals surface area contributed by atoms with Crippen molar-refractivity contribution < 1.29 is 0 Å². The van der Waals surface area contributed by atoms with Crippen molar-refractivity contribution in [3.8, 4) is 0 Å². The van der Waals surface area contributed by atoms with E-state index >= 15 is 0 Å². The smallest absolute Gasteiger partial charge is 0.196 e. The molecule has 0 aliphatic carbocycles. The number of nitrogens with zero attached hydrogens (tertiary/aromatic N) is 5. The van der Waals surface area contributed by atoms with Gasteiger partial charge in [0.1, 0.15) is 6.54 Å². The van der Waals surface area contributed by atoms with Gasteiger partial charge in [-0.2, -0.15) is 4.80 Å². The molecule has 1 rings (SSSR count). The first-order chi connectivity index (χ1) is 7.08. The molecule has 0 aromatic carbocycles. The average molecular weight is 211 g/mol. The number of aryl methyl sites for hydroxylation is 1. The first-order valence-electron chi connectivity index (χ1n) is 4.84. The normalized spacial score (nSPS) is 12.1. The summed E-state index contributed by atoms with van der Waals surface area (Å²) in [5.41, 5.74) is 5.63. The lowest BCUT2D eigenvalue weighted by molar-refractivity contribution is 0.620. The third-order valence-corrected chi connectivity index (χ3v) is 1.63. The quantitative estimate of drug-likeness (QED) is 0.506. The highest BCUT2D eigenvalue weighted by Crippen LogP contribution is 1.89. The van der Waals surface area contributed by atoms with E-state index in [1.807, 2.05) is 0 Å². The molecule has 7 nitrogen and oxygen atoms in total. The summed E-state index contributed by atoms with van der Waals surface area (Å²) < 4.78 is 0. The third-order valence-electron chi connectivity index (χ3n) is 1.63. The van der Waals surface area contributed by atoms with Gasteiger partial charge in [-0.15, -0.1) is 10.2 Å². The van der Waals surface area contributed by atoms with Gasteiger partial charge in [0.2, 0.25) is 0 Å². The monoisotopic (exact) mass is 211 g/mol. The van der Waals surface area contributed by atoms with E-state index in [9.17, 15) is 0 Å². The second-order valence-electron chi connectivity index (χ2n) is 3.67. The van der Waals surface area contributed by atoms with Crippen LogP contribution in [0.15, 0.2) is 4.99 Å². The van der Waals surface area contributed by atoms with Gasteiger partial charge in [0.25, 0.3) is 0 Å². The number of tetrazole rings is 1. The van der Waals surface area contributed by atoms with Crippen LogP contribution < -0.4 is 11.1 Å². The summed E-state index contributed by atoms with van der Waals surface area (Å²) in [4.78, 5) is 5.48. The molecule has 7 heteroatoms. The van der Waals surface area contributed by atoms with Crippen molar-refractivity contribution in [3.63, 3.8) is 0 Å². The summed E-state index contributed by atoms with van der Waals surface area (Å²) >= 11 is 0. The fraction of sp³-hybridized carbons (Fsp3) is 0.750. The van der Waals surface area contributed by atoms with Gasteiger partial charge in [0, 0.05) is 6.54 Å². The lowest BCUT2D eigenvalue weighted by Gasteiger charge is -2.06. The summed E-state index contributed by atoms with van der Waals surface area (Å²) in [6, 6.07) is 0. The Morgan fingerprint density at radius 1 is 1.60 bits per heavy atom. The minimum absolute atomic E-state index is 0.352. The Hall–Kier alpha value is -1.66. The molecule has 0 spiro atoms. The zero-order chi connectivity index (χ0) is 11.3. The van der Waals surface area contributed by atoms with E-state index in [-0.39, 0.29) is 0 Å². The molecule has 0 amide bonds. The SMILES string of the molecule is CC(C)CNC(N)=NCc1nnn(C)n1. The highest BCUT2D eigenvalue weighted by Gasteiger charge is 1.99. The molecule has 1 aromatic rings. The number of nitrogens with one attached hydrogen (secondary N) is 1. The van der Waals surface area contributed by atoms with Gasteiger partial charge in [-0.3, -0.25) is 0 Å². The van der Waals surface area contributed by atoms with Crippen LogP contribution in [0, 0.1) is 5.92 Å². The molecule has 1 aromatic heterocycles. The summed E-state index contributed by atoms with van der Waals surface area (Å²) in [6.07, 6.45) is 0. The standard InChI is InChI=1S/C8H17N7/c1-6(2)4-10-8(9)11-5-7-12-14-15(3)13-7/h6H,4-5H2,1-3H3,(H3,9,10,11). The van der Waals surface area contributed by atoms with Crippen LogP contribution in [-0.2, 0) is 13.6 Å². The van der Waals surface area contributed by atoms with E-state index in [4.69, 9.17) is 5.73 Å². The van der Waals surface area contributed by atoms with Crippen molar-refractivity contribution >= 4 is 5.96 Å². The minimum atomic E-state index is 0.352. The van der Waals surface area contributed by atoms with Gasteiger partial charge < -0.3 is 11.1 Å². The number of hydrogen-bond acceptors (Lipinski definition) is 4. The van der Waals surface area contributed by atoms with Crippen LogP contribution in [0.2, 0.25) is 0 Å². The second kappa shape index (κ2) is 5.28. The third kappa shape index (κ3) is 4.39. The average Bonchev–Trinajstić information content (AvgIpc) is 2.58. The number of nitrogens with two attached hydrogens (primary N) is 1. The highest BCUT2D eigenvalue weighted by molar-refractivity contribution is 5.77. The van der Waals surface area contributed by atoms with Crippen LogP contribution in [0.25, 0.3) is 0 Å². The zero-order valence-corrected chi connectivity index (χ0v) is 9.30. The van der Waals surface area contributed by atoms with E-state index in [0.717, 1.165) is 6.54 Å². The van der Waals surface area contributed by atoms with Crippen LogP contribution in [0.5, 0.6) is 0 Å². The largest absolute Gasteiger partial charge is 0.370 e. The molecule has 0 aliphatic heterocycles. The van der Waals surface area contributed by atoms with E-state index < -0.39 is 0 Å². The molecule has 0 bridgehead atoms. The highest BCUT2D eigenvalue weighted by atomic mass is 15.6. The maximum Gasteiger partial charge on any atom is 0.196 e. The molecular formula is C8H17N7. The molecule has 0 aliphatic rings. The Balaban J connectivity index is 2.36. The maximum atomic E-state index is 5.63. The van der Waals surface area contributed by atoms with Gasteiger partial charge in [-0.05, 0) is 11.1 Å². The van der Waals surface area contributed by atoms with Crippen molar-refractivity contribution in [3.05, 3.63) is 5.82 Å². The van der Waals surface area contributed by atoms with Crippen molar-refractivity contribution in [1.29, 1.82) is 0 Å². The van der Waals surface area contributed by atoms with Gasteiger partial charge in [-0.25, -0.2) is 4.99 Å². The first-order valence-corrected chi connectivity index (χ1v) is 4.84. The van der Waals surface area contributed by atoms with Crippen LogP contribution in [0.1, 0.15) is 19.7 Å². The summed E-state index contributed by atoms with van der Waals surface area (Å²) in [5.74, 6) is 1.51. The van der Waals surface area contributed by atoms with Gasteiger partial charge in [0.15, 0.2) is 11.8 Å². The van der Waals surface area contributed by atoms with Crippen LogP contribution in [0.4, 0.5) is 0 Å². The molecule has 84 valence electrons. The topological polar surface area (TPSA) is 94.0 Å². The Morgan fingerprint density at radius 3 is 2.87 bits per heavy atom. The van der Waals surface area contributed by atoms with E-state index in [1.54, 1.807) is 7.05 Å². The number of rotatable bonds is 4. The van der Waals surface area contributed by atoms with E-state index in [0.29, 0.717) is 24.2 Å². The fourth-order valence-corrected chi connectivity index (χ4v) is 0.907. The van der Waals surface area contributed by atoms with Crippen molar-refractivity contribution in [2.45, 2.75) is 20.4 Å². The molecular weight excluding hydrogens is 194 g/mol. The Labute approximate surface area is 88.8 Å². The fourth-order valence-electron chi connectivity index (χ4n) is 0.907. The van der Waals surface area contributed by atoms with Crippen molar-refractivity contribution in [2.75, 3.05) is 6.54 Å². The predicted octanol–water partition coefficient (Wildman–Crippen LogP) is -0.730. The molecule has 0 radical (unpaired) electrons. The predicted molar refractivity (Wildman–Crippen MR) is 57.0 cm³/mol. The number of guanidine groups is 1. The second-order valence-corrected chi connectivity index (χ2v) is 3.67. The molecule has 0 fully saturated rings. The lowest BCUT2D eigenvalue weighted by Crippen LogP contribution is -2.34. The van der Waals surface area contributed by atoms with Crippen LogP contribution >= 0.6 is 0 Å². The van der Waals surface area contributed by atoms with Gasteiger partial charge in [0.05, 0.1) is 7.05 Å². The maximum absolute atomic E-state index is 5.63.